The Labute approximate surface area is 128 Å². The molecule has 3 heterocycles. The summed E-state index contributed by atoms with van der Waals surface area (Å²) in [6.45, 7) is 2.62. The van der Waals surface area contributed by atoms with Crippen LogP contribution in [-0.2, 0) is 19.5 Å². The van der Waals surface area contributed by atoms with Crippen LogP contribution in [-0.4, -0.2) is 26.6 Å². The van der Waals surface area contributed by atoms with Crippen LogP contribution in [0.15, 0.2) is 53.2 Å². The number of hydrogen-bond donors (Lipinski definition) is 0. The van der Waals surface area contributed by atoms with E-state index < -0.39 is 0 Å². The highest BCUT2D eigenvalue weighted by molar-refractivity contribution is 5.47. The van der Waals surface area contributed by atoms with Crippen molar-refractivity contribution in [2.45, 2.75) is 19.5 Å². The molecule has 4 rings (SSSR count). The number of benzene rings is 1. The lowest BCUT2D eigenvalue weighted by atomic mass is 10.00. The number of fused-ring (bicyclic) bond motifs is 1. The molecule has 0 bridgehead atoms. The van der Waals surface area contributed by atoms with Crippen LogP contribution in [0.25, 0.3) is 11.5 Å². The average Bonchev–Trinajstić information content (AvgIpc) is 3.04. The topological polar surface area (TPSA) is 55.1 Å². The van der Waals surface area contributed by atoms with E-state index in [4.69, 9.17) is 4.52 Å². The van der Waals surface area contributed by atoms with E-state index in [2.05, 4.69) is 44.3 Å². The quantitative estimate of drug-likeness (QED) is 0.743. The summed E-state index contributed by atoms with van der Waals surface area (Å²) in [7, 11) is 0. The van der Waals surface area contributed by atoms with Crippen LogP contribution >= 0.6 is 0 Å². The number of hydrogen-bond acceptors (Lipinski definition) is 5. The lowest BCUT2D eigenvalue weighted by molar-refractivity contribution is 0.210. The summed E-state index contributed by atoms with van der Waals surface area (Å²) < 4.78 is 5.37. The van der Waals surface area contributed by atoms with Gasteiger partial charge in [0.05, 0.1) is 6.54 Å². The van der Waals surface area contributed by atoms with Gasteiger partial charge in [-0.1, -0.05) is 35.5 Å². The van der Waals surface area contributed by atoms with Crippen LogP contribution in [0.2, 0.25) is 0 Å². The van der Waals surface area contributed by atoms with Crippen LogP contribution in [0.3, 0.4) is 0 Å². The normalized spacial score (nSPS) is 14.7. The zero-order valence-corrected chi connectivity index (χ0v) is 12.1. The summed E-state index contributed by atoms with van der Waals surface area (Å²) in [6, 6.07) is 14.3. The van der Waals surface area contributed by atoms with Crippen molar-refractivity contribution in [3.63, 3.8) is 0 Å². The van der Waals surface area contributed by atoms with Crippen molar-refractivity contribution >= 4 is 0 Å². The largest absolute Gasteiger partial charge is 0.337 e. The SMILES string of the molecule is c1ccc(-c2noc(CN3CCc4ccccc4C3)n2)nc1. The lowest BCUT2D eigenvalue weighted by Gasteiger charge is -2.27. The maximum absolute atomic E-state index is 5.37. The fourth-order valence-electron chi connectivity index (χ4n) is 2.80. The molecule has 0 amide bonds. The van der Waals surface area contributed by atoms with Crippen molar-refractivity contribution in [1.82, 2.24) is 20.0 Å². The monoisotopic (exact) mass is 292 g/mol. The summed E-state index contributed by atoms with van der Waals surface area (Å²) in [5, 5.41) is 4.02. The first kappa shape index (κ1) is 13.2. The molecule has 3 aromatic rings. The van der Waals surface area contributed by atoms with Gasteiger partial charge in [0.15, 0.2) is 0 Å². The van der Waals surface area contributed by atoms with E-state index in [1.165, 1.54) is 11.1 Å². The van der Waals surface area contributed by atoms with Crippen molar-refractivity contribution in [1.29, 1.82) is 0 Å². The van der Waals surface area contributed by atoms with Gasteiger partial charge in [-0.2, -0.15) is 4.98 Å². The number of nitrogens with zero attached hydrogens (tertiary/aromatic N) is 4. The highest BCUT2D eigenvalue weighted by Crippen LogP contribution is 2.20. The Morgan fingerprint density at radius 2 is 1.91 bits per heavy atom. The molecule has 0 atom stereocenters. The van der Waals surface area contributed by atoms with Gasteiger partial charge in [0.25, 0.3) is 0 Å². The Morgan fingerprint density at radius 1 is 1.05 bits per heavy atom. The van der Waals surface area contributed by atoms with Gasteiger partial charge >= 0.3 is 0 Å². The predicted octanol–water partition coefficient (Wildman–Crippen LogP) is 2.69. The Bertz CT molecular complexity index is 769. The third-order valence-electron chi connectivity index (χ3n) is 3.93. The molecule has 0 saturated carbocycles. The minimum Gasteiger partial charge on any atom is -0.337 e. The zero-order valence-electron chi connectivity index (χ0n) is 12.1. The van der Waals surface area contributed by atoms with Crippen LogP contribution in [0.1, 0.15) is 17.0 Å². The second-order valence-corrected chi connectivity index (χ2v) is 5.46. The molecule has 1 aliphatic heterocycles. The average molecular weight is 292 g/mol. The van der Waals surface area contributed by atoms with E-state index >= 15 is 0 Å². The van der Waals surface area contributed by atoms with Gasteiger partial charge in [0.2, 0.25) is 11.7 Å². The lowest BCUT2D eigenvalue weighted by Crippen LogP contribution is -2.30. The molecule has 5 nitrogen and oxygen atoms in total. The van der Waals surface area contributed by atoms with E-state index in [0.717, 1.165) is 25.2 Å². The number of rotatable bonds is 3. The summed E-state index contributed by atoms with van der Waals surface area (Å²) in [5.74, 6) is 1.19. The van der Waals surface area contributed by atoms with E-state index in [1.807, 2.05) is 18.2 Å². The van der Waals surface area contributed by atoms with Gasteiger partial charge in [0.1, 0.15) is 5.69 Å². The standard InChI is InChI=1S/C17H16N4O/c1-2-6-14-11-21(10-8-13(14)5-1)12-16-19-17(20-22-16)15-7-3-4-9-18-15/h1-7,9H,8,10-12H2. The summed E-state index contributed by atoms with van der Waals surface area (Å²) in [6.07, 6.45) is 2.80. The second-order valence-electron chi connectivity index (χ2n) is 5.46. The summed E-state index contributed by atoms with van der Waals surface area (Å²) in [4.78, 5) is 11.0. The van der Waals surface area contributed by atoms with Gasteiger partial charge in [-0.15, -0.1) is 0 Å². The van der Waals surface area contributed by atoms with Crippen LogP contribution < -0.4 is 0 Å². The van der Waals surface area contributed by atoms with Crippen LogP contribution in [0.5, 0.6) is 0 Å². The molecule has 0 saturated heterocycles. The molecule has 110 valence electrons. The van der Waals surface area contributed by atoms with Crippen molar-refractivity contribution in [3.05, 3.63) is 65.7 Å². The highest BCUT2D eigenvalue weighted by Gasteiger charge is 2.18. The molecule has 1 aliphatic rings. The zero-order chi connectivity index (χ0) is 14.8. The molecular weight excluding hydrogens is 276 g/mol. The molecule has 0 fully saturated rings. The fourth-order valence-corrected chi connectivity index (χ4v) is 2.80. The Kier molecular flexibility index (Phi) is 3.40. The summed E-state index contributed by atoms with van der Waals surface area (Å²) in [5.41, 5.74) is 3.57. The van der Waals surface area contributed by atoms with E-state index in [-0.39, 0.29) is 0 Å². The molecule has 2 aromatic heterocycles. The van der Waals surface area contributed by atoms with Crippen molar-refractivity contribution in [2.75, 3.05) is 6.54 Å². The van der Waals surface area contributed by atoms with Gasteiger partial charge in [-0.3, -0.25) is 9.88 Å². The second kappa shape index (κ2) is 5.69. The molecule has 0 aliphatic carbocycles. The Balaban J connectivity index is 1.48. The minimum absolute atomic E-state index is 0.549. The van der Waals surface area contributed by atoms with Gasteiger partial charge in [-0.05, 0) is 29.7 Å². The third-order valence-corrected chi connectivity index (χ3v) is 3.93. The van der Waals surface area contributed by atoms with Crippen molar-refractivity contribution in [2.24, 2.45) is 0 Å². The van der Waals surface area contributed by atoms with Gasteiger partial charge in [-0.25, -0.2) is 0 Å². The summed E-state index contributed by atoms with van der Waals surface area (Å²) >= 11 is 0. The molecule has 0 spiro atoms. The van der Waals surface area contributed by atoms with Crippen LogP contribution in [0, 0.1) is 0 Å². The third kappa shape index (κ3) is 2.63. The fraction of sp³-hybridized carbons (Fsp3) is 0.235. The highest BCUT2D eigenvalue weighted by atomic mass is 16.5. The smallest absolute Gasteiger partial charge is 0.241 e. The van der Waals surface area contributed by atoms with Crippen molar-refractivity contribution < 1.29 is 4.52 Å². The maximum Gasteiger partial charge on any atom is 0.241 e. The first-order chi connectivity index (χ1) is 10.9. The molecule has 1 aromatic carbocycles. The number of aromatic nitrogens is 3. The molecule has 0 radical (unpaired) electrons. The van der Waals surface area contributed by atoms with Crippen molar-refractivity contribution in [3.8, 4) is 11.5 Å². The van der Waals surface area contributed by atoms with Crippen LogP contribution in [0.4, 0.5) is 0 Å². The Hall–Kier alpha value is -2.53. The Morgan fingerprint density at radius 3 is 2.77 bits per heavy atom. The van der Waals surface area contributed by atoms with Gasteiger partial charge < -0.3 is 4.52 Å². The van der Waals surface area contributed by atoms with E-state index in [0.29, 0.717) is 18.3 Å². The van der Waals surface area contributed by atoms with E-state index in [9.17, 15) is 0 Å². The molecule has 0 unspecified atom stereocenters. The molecule has 5 heteroatoms. The molecule has 22 heavy (non-hydrogen) atoms. The first-order valence-corrected chi connectivity index (χ1v) is 7.41. The molecule has 0 N–H and O–H groups in total. The maximum atomic E-state index is 5.37. The first-order valence-electron chi connectivity index (χ1n) is 7.41. The molecular formula is C17H16N4O. The predicted molar refractivity (Wildman–Crippen MR) is 81.8 cm³/mol. The minimum atomic E-state index is 0.549. The van der Waals surface area contributed by atoms with E-state index in [1.54, 1.807) is 6.20 Å². The van der Waals surface area contributed by atoms with Gasteiger partial charge in [0, 0.05) is 19.3 Å². The number of pyridine rings is 1.